The van der Waals surface area contributed by atoms with E-state index < -0.39 is 0 Å². The largest absolute Gasteiger partial charge is 0.329 e. The number of hydrogen-bond acceptors (Lipinski definition) is 5. The van der Waals surface area contributed by atoms with Gasteiger partial charge in [0.15, 0.2) is 5.16 Å². The summed E-state index contributed by atoms with van der Waals surface area (Å²) in [5.74, 6) is 0. The van der Waals surface area contributed by atoms with Crippen molar-refractivity contribution in [3.63, 3.8) is 0 Å². The van der Waals surface area contributed by atoms with Gasteiger partial charge in [-0.25, -0.2) is 15.0 Å². The van der Waals surface area contributed by atoms with Gasteiger partial charge in [0.2, 0.25) is 0 Å². The Morgan fingerprint density at radius 1 is 1.20 bits per heavy atom. The van der Waals surface area contributed by atoms with Gasteiger partial charge in [0.25, 0.3) is 0 Å². The molecule has 4 rings (SSSR count). The summed E-state index contributed by atoms with van der Waals surface area (Å²) in [7, 11) is 2.01. The molecule has 20 heavy (non-hydrogen) atoms. The van der Waals surface area contributed by atoms with E-state index in [-0.39, 0.29) is 0 Å². The van der Waals surface area contributed by atoms with E-state index in [1.165, 1.54) is 35.1 Å². The van der Waals surface area contributed by atoms with E-state index in [0.29, 0.717) is 0 Å². The maximum absolute atomic E-state index is 4.51. The van der Waals surface area contributed by atoms with Crippen LogP contribution in [0.25, 0.3) is 10.2 Å². The van der Waals surface area contributed by atoms with Crippen molar-refractivity contribution in [2.75, 3.05) is 0 Å². The Labute approximate surface area is 125 Å². The summed E-state index contributed by atoms with van der Waals surface area (Å²) >= 11 is 3.47. The summed E-state index contributed by atoms with van der Waals surface area (Å²) in [6, 6.07) is 0. The highest BCUT2D eigenvalue weighted by molar-refractivity contribution is 7.99. The molecule has 0 N–H and O–H groups in total. The number of hydrogen-bond donors (Lipinski definition) is 0. The Hall–Kier alpha value is -1.40. The van der Waals surface area contributed by atoms with Gasteiger partial charge in [-0.2, -0.15) is 0 Å². The highest BCUT2D eigenvalue weighted by Gasteiger charge is 2.20. The van der Waals surface area contributed by atoms with Crippen LogP contribution in [0.2, 0.25) is 0 Å². The van der Waals surface area contributed by atoms with E-state index in [4.69, 9.17) is 0 Å². The lowest BCUT2D eigenvalue weighted by molar-refractivity contribution is 0.699. The number of nitrogens with zero attached hydrogens (tertiary/aromatic N) is 4. The third-order valence-corrected chi connectivity index (χ3v) is 5.96. The van der Waals surface area contributed by atoms with Crippen LogP contribution in [0.1, 0.15) is 23.3 Å². The molecule has 3 aromatic heterocycles. The third-order valence-electron chi connectivity index (χ3n) is 3.68. The smallest absolute Gasteiger partial charge is 0.174 e. The molecule has 0 radical (unpaired) electrons. The zero-order chi connectivity index (χ0) is 13.5. The molecule has 6 heteroatoms. The highest BCUT2D eigenvalue weighted by atomic mass is 32.2. The molecule has 0 saturated heterocycles. The maximum atomic E-state index is 4.51. The van der Waals surface area contributed by atoms with Gasteiger partial charge in [0.05, 0.1) is 0 Å². The predicted molar refractivity (Wildman–Crippen MR) is 81.4 cm³/mol. The first-order chi connectivity index (χ1) is 9.83. The molecule has 0 fully saturated rings. The molecule has 4 nitrogen and oxygen atoms in total. The topological polar surface area (TPSA) is 43.6 Å². The lowest BCUT2D eigenvalue weighted by atomic mass is 9.97. The van der Waals surface area contributed by atoms with E-state index in [0.717, 1.165) is 21.4 Å². The summed E-state index contributed by atoms with van der Waals surface area (Å²) < 4.78 is 2.03. The van der Waals surface area contributed by atoms with Crippen molar-refractivity contribution in [1.82, 2.24) is 19.5 Å². The molecule has 0 aliphatic heterocycles. The first-order valence-electron chi connectivity index (χ1n) is 6.73. The summed E-state index contributed by atoms with van der Waals surface area (Å²) in [5.41, 5.74) is 1.48. The third kappa shape index (κ3) is 1.94. The number of imidazole rings is 1. The zero-order valence-electron chi connectivity index (χ0n) is 11.2. The minimum absolute atomic E-state index is 0.973. The van der Waals surface area contributed by atoms with Crippen LogP contribution in [0, 0.1) is 0 Å². The van der Waals surface area contributed by atoms with Crippen molar-refractivity contribution in [2.45, 2.75) is 35.9 Å². The van der Waals surface area contributed by atoms with Gasteiger partial charge in [-0.3, -0.25) is 0 Å². The fourth-order valence-electron chi connectivity index (χ4n) is 2.68. The number of aryl methyl sites for hydroxylation is 3. The van der Waals surface area contributed by atoms with Crippen molar-refractivity contribution in [1.29, 1.82) is 0 Å². The minimum Gasteiger partial charge on any atom is -0.329 e. The van der Waals surface area contributed by atoms with Crippen LogP contribution in [0.15, 0.2) is 28.9 Å². The fourth-order valence-corrected chi connectivity index (χ4v) is 4.88. The Morgan fingerprint density at radius 2 is 2.10 bits per heavy atom. The average Bonchev–Trinajstić information content (AvgIpc) is 3.03. The second kappa shape index (κ2) is 4.86. The van der Waals surface area contributed by atoms with E-state index in [1.54, 1.807) is 18.1 Å². The quantitative estimate of drug-likeness (QED) is 0.680. The maximum Gasteiger partial charge on any atom is 0.174 e. The molecular weight excluding hydrogens is 288 g/mol. The van der Waals surface area contributed by atoms with E-state index in [2.05, 4.69) is 15.0 Å². The highest BCUT2D eigenvalue weighted by Crippen LogP contribution is 2.40. The minimum atomic E-state index is 0.973. The van der Waals surface area contributed by atoms with E-state index in [9.17, 15) is 0 Å². The van der Waals surface area contributed by atoms with Gasteiger partial charge in [0, 0.05) is 29.7 Å². The Bertz CT molecular complexity index is 775. The number of aromatic nitrogens is 4. The van der Waals surface area contributed by atoms with Gasteiger partial charge >= 0.3 is 0 Å². The SMILES string of the molecule is Cn1ccnc1Sc1ncnc2sc3c(c12)CCCC3. The molecule has 0 bridgehead atoms. The summed E-state index contributed by atoms with van der Waals surface area (Å²) in [4.78, 5) is 16.0. The first-order valence-corrected chi connectivity index (χ1v) is 8.36. The first kappa shape index (κ1) is 12.3. The van der Waals surface area contributed by atoms with E-state index >= 15 is 0 Å². The number of thiophene rings is 1. The monoisotopic (exact) mass is 302 g/mol. The number of fused-ring (bicyclic) bond motifs is 3. The molecule has 0 unspecified atom stereocenters. The van der Waals surface area contributed by atoms with Gasteiger partial charge in [0.1, 0.15) is 16.2 Å². The van der Waals surface area contributed by atoms with Gasteiger partial charge < -0.3 is 4.57 Å². The van der Waals surface area contributed by atoms with Gasteiger partial charge in [-0.05, 0) is 43.0 Å². The van der Waals surface area contributed by atoms with Crippen molar-refractivity contribution in [3.8, 4) is 0 Å². The number of rotatable bonds is 2. The fraction of sp³-hybridized carbons (Fsp3) is 0.357. The van der Waals surface area contributed by atoms with Crippen LogP contribution in [0.4, 0.5) is 0 Å². The van der Waals surface area contributed by atoms with Crippen LogP contribution in [0.3, 0.4) is 0 Å². The summed E-state index contributed by atoms with van der Waals surface area (Å²) in [6.07, 6.45) is 10.4. The molecule has 3 heterocycles. The molecule has 1 aliphatic rings. The molecular formula is C14H14N4S2. The summed E-state index contributed by atoms with van der Waals surface area (Å²) in [6.45, 7) is 0. The average molecular weight is 302 g/mol. The zero-order valence-corrected chi connectivity index (χ0v) is 12.8. The van der Waals surface area contributed by atoms with Crippen LogP contribution in [0.5, 0.6) is 0 Å². The van der Waals surface area contributed by atoms with Crippen LogP contribution in [-0.4, -0.2) is 19.5 Å². The lowest BCUT2D eigenvalue weighted by Crippen LogP contribution is -1.99. The lowest BCUT2D eigenvalue weighted by Gasteiger charge is -2.11. The Balaban J connectivity index is 1.87. The normalized spacial score (nSPS) is 14.7. The van der Waals surface area contributed by atoms with E-state index in [1.807, 2.05) is 35.3 Å². The molecule has 0 aromatic carbocycles. The van der Waals surface area contributed by atoms with Crippen molar-refractivity contribution < 1.29 is 0 Å². The molecule has 0 amide bonds. The molecule has 1 aliphatic carbocycles. The molecule has 0 saturated carbocycles. The summed E-state index contributed by atoms with van der Waals surface area (Å²) in [5, 5.41) is 3.28. The molecule has 0 spiro atoms. The van der Waals surface area contributed by atoms with Gasteiger partial charge in [-0.1, -0.05) is 0 Å². The second-order valence-electron chi connectivity index (χ2n) is 4.99. The van der Waals surface area contributed by atoms with Crippen LogP contribution >= 0.6 is 23.1 Å². The Kier molecular flexibility index (Phi) is 3.00. The standard InChI is InChI=1S/C14H14N4S2/c1-18-7-6-15-14(18)20-13-11-9-4-2-3-5-10(9)19-12(11)16-8-17-13/h6-8H,2-5H2,1H3. The van der Waals surface area contributed by atoms with Gasteiger partial charge in [-0.15, -0.1) is 11.3 Å². The van der Waals surface area contributed by atoms with Crippen LogP contribution < -0.4 is 0 Å². The second-order valence-corrected chi connectivity index (χ2v) is 7.03. The Morgan fingerprint density at radius 3 is 2.95 bits per heavy atom. The van der Waals surface area contributed by atoms with Crippen molar-refractivity contribution >= 4 is 33.3 Å². The predicted octanol–water partition coefficient (Wildman–Crippen LogP) is 3.45. The molecule has 102 valence electrons. The van der Waals surface area contributed by atoms with Crippen molar-refractivity contribution in [3.05, 3.63) is 29.2 Å². The van der Waals surface area contributed by atoms with Crippen LogP contribution in [-0.2, 0) is 19.9 Å². The molecule has 3 aromatic rings. The van der Waals surface area contributed by atoms with Crippen molar-refractivity contribution in [2.24, 2.45) is 7.05 Å². The molecule has 0 atom stereocenters.